The highest BCUT2D eigenvalue weighted by atomic mass is 16.6. The Morgan fingerprint density at radius 3 is 2.78 bits per heavy atom. The molecule has 0 aliphatic heterocycles. The number of aliphatic hydroxyl groups excluding tert-OH is 1. The molecule has 4 atom stereocenters. The number of nitrogens with zero attached hydrogens (tertiary/aromatic N) is 1. The van der Waals surface area contributed by atoms with Crippen molar-refractivity contribution in [2.45, 2.75) is 25.3 Å². The van der Waals surface area contributed by atoms with Gasteiger partial charge in [-0.25, -0.2) is 0 Å². The zero-order chi connectivity index (χ0) is 16.4. The second-order valence-corrected chi connectivity index (χ2v) is 6.40. The lowest BCUT2D eigenvalue weighted by Gasteiger charge is -2.30. The number of hydrogen-bond donors (Lipinski definition) is 3. The summed E-state index contributed by atoms with van der Waals surface area (Å²) in [6, 6.07) is 6.28. The molecule has 2 fully saturated rings. The van der Waals surface area contributed by atoms with Crippen LogP contribution in [0.4, 0.5) is 11.4 Å². The van der Waals surface area contributed by atoms with Crippen molar-refractivity contribution in [1.29, 1.82) is 0 Å². The summed E-state index contributed by atoms with van der Waals surface area (Å²) in [5.74, 6) is 0.911. The Bertz CT molecular complexity index is 607. The summed E-state index contributed by atoms with van der Waals surface area (Å²) in [4.78, 5) is 22.6. The number of anilines is 1. The van der Waals surface area contributed by atoms with Gasteiger partial charge in [-0.05, 0) is 37.2 Å². The van der Waals surface area contributed by atoms with Crippen molar-refractivity contribution in [2.75, 3.05) is 18.5 Å². The largest absolute Gasteiger partial charge is 0.396 e. The molecule has 3 N–H and O–H groups in total. The van der Waals surface area contributed by atoms with Crippen molar-refractivity contribution in [3.8, 4) is 0 Å². The van der Waals surface area contributed by atoms with Gasteiger partial charge in [-0.1, -0.05) is 12.1 Å². The van der Waals surface area contributed by atoms with Gasteiger partial charge >= 0.3 is 0 Å². The van der Waals surface area contributed by atoms with Crippen LogP contribution in [-0.2, 0) is 4.79 Å². The predicted octanol–water partition coefficient (Wildman–Crippen LogP) is 1.53. The number of fused-ring (bicyclic) bond motifs is 2. The van der Waals surface area contributed by atoms with Crippen molar-refractivity contribution in [3.05, 3.63) is 34.4 Å². The molecular formula is C16H21N3O4. The van der Waals surface area contributed by atoms with Crippen molar-refractivity contribution in [1.82, 2.24) is 5.32 Å². The topological polar surface area (TPSA) is 104 Å². The number of nitrogens with one attached hydrogen (secondary N) is 2. The average Bonchev–Trinajstić information content (AvgIpc) is 3.14. The summed E-state index contributed by atoms with van der Waals surface area (Å²) in [6.07, 6.45) is 3.31. The average molecular weight is 319 g/mol. The molecular weight excluding hydrogens is 298 g/mol. The molecule has 1 amide bonds. The maximum Gasteiger partial charge on any atom is 0.292 e. The fraction of sp³-hybridized carbons (Fsp3) is 0.562. The molecule has 7 heteroatoms. The number of carbonyl (C=O) groups is 1. The van der Waals surface area contributed by atoms with Crippen LogP contribution in [0.2, 0.25) is 0 Å². The van der Waals surface area contributed by atoms with Gasteiger partial charge in [-0.2, -0.15) is 0 Å². The molecule has 2 saturated carbocycles. The third-order valence-corrected chi connectivity index (χ3v) is 5.17. The van der Waals surface area contributed by atoms with Crippen LogP contribution in [0, 0.1) is 27.9 Å². The van der Waals surface area contributed by atoms with E-state index in [2.05, 4.69) is 10.6 Å². The van der Waals surface area contributed by atoms with Crippen LogP contribution in [-0.4, -0.2) is 35.1 Å². The Morgan fingerprint density at radius 2 is 2.04 bits per heavy atom. The summed E-state index contributed by atoms with van der Waals surface area (Å²) in [5, 5.41) is 26.3. The third kappa shape index (κ3) is 3.14. The minimum atomic E-state index is -0.474. The van der Waals surface area contributed by atoms with Crippen molar-refractivity contribution in [2.24, 2.45) is 17.8 Å². The predicted molar refractivity (Wildman–Crippen MR) is 84.9 cm³/mol. The van der Waals surface area contributed by atoms with E-state index in [0.717, 1.165) is 19.3 Å². The second-order valence-electron chi connectivity index (χ2n) is 6.40. The number of rotatable bonds is 6. The molecule has 0 aromatic heterocycles. The Balaban J connectivity index is 1.57. The van der Waals surface area contributed by atoms with Gasteiger partial charge in [0.25, 0.3) is 5.69 Å². The summed E-state index contributed by atoms with van der Waals surface area (Å²) >= 11 is 0. The smallest absolute Gasteiger partial charge is 0.292 e. The molecule has 3 rings (SSSR count). The number of benzene rings is 1. The van der Waals surface area contributed by atoms with Gasteiger partial charge in [0.2, 0.25) is 5.91 Å². The molecule has 2 aliphatic rings. The number of nitro groups is 1. The molecule has 0 spiro atoms. The molecule has 124 valence electrons. The van der Waals surface area contributed by atoms with Crippen molar-refractivity contribution in [3.63, 3.8) is 0 Å². The van der Waals surface area contributed by atoms with E-state index in [9.17, 15) is 20.0 Å². The lowest BCUT2D eigenvalue weighted by molar-refractivity contribution is -0.383. The second kappa shape index (κ2) is 6.54. The summed E-state index contributed by atoms with van der Waals surface area (Å²) in [5.41, 5.74) is 0.285. The zero-order valence-electron chi connectivity index (χ0n) is 12.8. The maximum absolute atomic E-state index is 12.2. The van der Waals surface area contributed by atoms with Crippen LogP contribution >= 0.6 is 0 Å². The molecule has 23 heavy (non-hydrogen) atoms. The molecule has 2 bridgehead atoms. The van der Waals surface area contributed by atoms with Gasteiger partial charge in [0, 0.05) is 24.6 Å². The first-order chi connectivity index (χ1) is 11.1. The monoisotopic (exact) mass is 319 g/mol. The number of para-hydroxylation sites is 2. The van der Waals surface area contributed by atoms with Gasteiger partial charge in [-0.15, -0.1) is 0 Å². The third-order valence-electron chi connectivity index (χ3n) is 5.17. The minimum absolute atomic E-state index is 0.0170. The standard InChI is InChI=1S/C16H21N3O4/c20-9-12-10-5-6-11(7-10)16(12)18-15(21)8-17-13-3-1-2-4-14(13)19(22)23/h1-4,10-12,16-17,20H,5-9H2,(H,18,21). The fourth-order valence-electron chi connectivity index (χ4n) is 4.09. The highest BCUT2D eigenvalue weighted by Gasteiger charge is 2.47. The lowest BCUT2D eigenvalue weighted by atomic mass is 9.85. The van der Waals surface area contributed by atoms with Gasteiger partial charge < -0.3 is 15.7 Å². The van der Waals surface area contributed by atoms with Gasteiger partial charge in [0.05, 0.1) is 11.5 Å². The van der Waals surface area contributed by atoms with Crippen LogP contribution < -0.4 is 10.6 Å². The lowest BCUT2D eigenvalue weighted by Crippen LogP contribution is -2.47. The van der Waals surface area contributed by atoms with E-state index in [-0.39, 0.29) is 36.7 Å². The zero-order valence-corrected chi connectivity index (χ0v) is 12.8. The van der Waals surface area contributed by atoms with Gasteiger partial charge in [-0.3, -0.25) is 14.9 Å². The van der Waals surface area contributed by atoms with Crippen molar-refractivity contribution < 1.29 is 14.8 Å². The molecule has 0 radical (unpaired) electrons. The molecule has 2 aliphatic carbocycles. The Morgan fingerprint density at radius 1 is 1.30 bits per heavy atom. The van der Waals surface area contributed by atoms with E-state index in [1.54, 1.807) is 18.2 Å². The number of amides is 1. The fourth-order valence-corrected chi connectivity index (χ4v) is 4.09. The molecule has 0 heterocycles. The number of aliphatic hydroxyl groups is 1. The minimum Gasteiger partial charge on any atom is -0.396 e. The van der Waals surface area contributed by atoms with Crippen LogP contribution in [0.1, 0.15) is 19.3 Å². The summed E-state index contributed by atoms with van der Waals surface area (Å²) in [7, 11) is 0. The van der Waals surface area contributed by atoms with E-state index < -0.39 is 4.92 Å². The molecule has 1 aromatic rings. The van der Waals surface area contributed by atoms with E-state index in [0.29, 0.717) is 17.5 Å². The maximum atomic E-state index is 12.2. The van der Waals surface area contributed by atoms with Crippen molar-refractivity contribution >= 4 is 17.3 Å². The number of carbonyl (C=O) groups excluding carboxylic acids is 1. The molecule has 7 nitrogen and oxygen atoms in total. The number of hydrogen-bond acceptors (Lipinski definition) is 5. The Hall–Kier alpha value is -2.15. The van der Waals surface area contributed by atoms with E-state index in [1.165, 1.54) is 6.07 Å². The van der Waals surface area contributed by atoms with E-state index in [1.807, 2.05) is 0 Å². The highest BCUT2D eigenvalue weighted by Crippen LogP contribution is 2.48. The number of nitro benzene ring substituents is 1. The molecule has 0 saturated heterocycles. The summed E-state index contributed by atoms with van der Waals surface area (Å²) in [6.45, 7) is 0.0839. The SMILES string of the molecule is O=C(CNc1ccccc1[N+](=O)[O-])NC1C2CCC(C2)C1CO. The van der Waals surface area contributed by atoms with Gasteiger partial charge in [0.15, 0.2) is 0 Å². The first-order valence-electron chi connectivity index (χ1n) is 7.97. The quantitative estimate of drug-likeness (QED) is 0.545. The normalized spacial score (nSPS) is 28.6. The first-order valence-corrected chi connectivity index (χ1v) is 7.97. The summed E-state index contributed by atoms with van der Waals surface area (Å²) < 4.78 is 0. The van der Waals surface area contributed by atoms with Crippen LogP contribution in [0.3, 0.4) is 0 Å². The Kier molecular flexibility index (Phi) is 4.47. The molecule has 1 aromatic carbocycles. The highest BCUT2D eigenvalue weighted by molar-refractivity contribution is 5.82. The van der Waals surface area contributed by atoms with E-state index >= 15 is 0 Å². The Labute approximate surface area is 134 Å². The van der Waals surface area contributed by atoms with Gasteiger partial charge in [0.1, 0.15) is 5.69 Å². The van der Waals surface area contributed by atoms with Crippen LogP contribution in [0.15, 0.2) is 24.3 Å². The molecule has 4 unspecified atom stereocenters. The van der Waals surface area contributed by atoms with E-state index in [4.69, 9.17) is 0 Å². The van der Waals surface area contributed by atoms with Crippen LogP contribution in [0.5, 0.6) is 0 Å². The first kappa shape index (κ1) is 15.7. The van der Waals surface area contributed by atoms with Crippen LogP contribution in [0.25, 0.3) is 0 Å².